The fraction of sp³-hybridized carbons (Fsp3) is 0.154. The van der Waals surface area contributed by atoms with Crippen molar-refractivity contribution in [3.05, 3.63) is 47.5 Å². The molecule has 1 aromatic rings. The lowest BCUT2D eigenvalue weighted by Crippen LogP contribution is -2.15. The molecule has 1 aromatic carbocycles. The van der Waals surface area contributed by atoms with Gasteiger partial charge in [-0.2, -0.15) is 0 Å². The van der Waals surface area contributed by atoms with Gasteiger partial charge in [-0.05, 0) is 12.1 Å². The van der Waals surface area contributed by atoms with Crippen molar-refractivity contribution in [2.75, 3.05) is 0 Å². The SMILES string of the molecule is O=C(O)C=CC1CC(=O)c2ccccc2C(=O)O1. The number of Topliss-reactive ketones (excluding diaryl/α,β-unsaturated/α-hetero) is 1. The number of ketones is 1. The summed E-state index contributed by atoms with van der Waals surface area (Å²) in [4.78, 5) is 34.0. The summed E-state index contributed by atoms with van der Waals surface area (Å²) in [5.74, 6) is -2.01. The van der Waals surface area contributed by atoms with Crippen LogP contribution in [0, 0.1) is 0 Å². The van der Waals surface area contributed by atoms with E-state index >= 15 is 0 Å². The van der Waals surface area contributed by atoms with Gasteiger partial charge in [0.2, 0.25) is 0 Å². The van der Waals surface area contributed by atoms with E-state index in [1.165, 1.54) is 12.1 Å². The van der Waals surface area contributed by atoms with Crippen LogP contribution in [0.3, 0.4) is 0 Å². The van der Waals surface area contributed by atoms with Crippen molar-refractivity contribution in [3.8, 4) is 0 Å². The highest BCUT2D eigenvalue weighted by atomic mass is 16.5. The van der Waals surface area contributed by atoms with Gasteiger partial charge in [-0.15, -0.1) is 0 Å². The van der Waals surface area contributed by atoms with Crippen LogP contribution in [0.25, 0.3) is 0 Å². The molecule has 0 amide bonds. The maximum absolute atomic E-state index is 11.9. The molecular formula is C13H10O5. The Bertz CT molecular complexity index is 507. The Hall–Kier alpha value is -2.43. The van der Waals surface area contributed by atoms with E-state index in [0.717, 1.165) is 6.08 Å². The smallest absolute Gasteiger partial charge is 0.339 e. The second-order valence-corrected chi connectivity index (χ2v) is 3.81. The Morgan fingerprint density at radius 1 is 1.28 bits per heavy atom. The van der Waals surface area contributed by atoms with Crippen molar-refractivity contribution >= 4 is 17.7 Å². The van der Waals surface area contributed by atoms with E-state index < -0.39 is 18.0 Å². The number of rotatable bonds is 2. The van der Waals surface area contributed by atoms with Crippen molar-refractivity contribution in [2.45, 2.75) is 12.5 Å². The zero-order valence-corrected chi connectivity index (χ0v) is 9.33. The number of benzene rings is 1. The Labute approximate surface area is 103 Å². The Morgan fingerprint density at radius 2 is 1.94 bits per heavy atom. The molecule has 92 valence electrons. The van der Waals surface area contributed by atoms with Crippen LogP contribution < -0.4 is 0 Å². The standard InChI is InChI=1S/C13H10O5/c14-11-7-8(5-6-12(15)16)18-13(17)10-4-2-1-3-9(10)11/h1-6,8H,7H2,(H,15,16). The fourth-order valence-corrected chi connectivity index (χ4v) is 1.74. The molecule has 1 unspecified atom stereocenters. The molecule has 1 atom stereocenters. The van der Waals surface area contributed by atoms with Crippen molar-refractivity contribution in [1.82, 2.24) is 0 Å². The molecule has 0 aromatic heterocycles. The monoisotopic (exact) mass is 246 g/mol. The quantitative estimate of drug-likeness (QED) is 0.630. The van der Waals surface area contributed by atoms with Crippen LogP contribution in [0.15, 0.2) is 36.4 Å². The van der Waals surface area contributed by atoms with E-state index in [-0.39, 0.29) is 17.8 Å². The molecule has 1 aliphatic heterocycles. The highest BCUT2D eigenvalue weighted by Gasteiger charge is 2.27. The summed E-state index contributed by atoms with van der Waals surface area (Å²) in [6.07, 6.45) is 1.17. The summed E-state index contributed by atoms with van der Waals surface area (Å²) in [6, 6.07) is 6.37. The average molecular weight is 246 g/mol. The van der Waals surface area contributed by atoms with Gasteiger partial charge in [0.1, 0.15) is 6.10 Å². The third-order valence-corrected chi connectivity index (χ3v) is 2.55. The molecule has 0 saturated heterocycles. The van der Waals surface area contributed by atoms with E-state index in [9.17, 15) is 14.4 Å². The van der Waals surface area contributed by atoms with Gasteiger partial charge >= 0.3 is 11.9 Å². The highest BCUT2D eigenvalue weighted by molar-refractivity contribution is 6.08. The van der Waals surface area contributed by atoms with E-state index in [1.807, 2.05) is 0 Å². The van der Waals surface area contributed by atoms with Gasteiger partial charge in [0.05, 0.1) is 12.0 Å². The first-order valence-electron chi connectivity index (χ1n) is 5.32. The number of hydrogen-bond donors (Lipinski definition) is 1. The number of ether oxygens (including phenoxy) is 1. The number of hydrogen-bond acceptors (Lipinski definition) is 4. The second kappa shape index (κ2) is 4.83. The van der Waals surface area contributed by atoms with Crippen molar-refractivity contribution in [2.24, 2.45) is 0 Å². The largest absolute Gasteiger partial charge is 0.478 e. The molecule has 5 heteroatoms. The summed E-state index contributed by atoms with van der Waals surface area (Å²) in [5.41, 5.74) is 0.530. The molecule has 18 heavy (non-hydrogen) atoms. The zero-order chi connectivity index (χ0) is 13.1. The Kier molecular flexibility index (Phi) is 3.23. The molecule has 1 aliphatic rings. The molecule has 0 spiro atoms. The van der Waals surface area contributed by atoms with E-state index in [4.69, 9.17) is 9.84 Å². The van der Waals surface area contributed by atoms with Crippen molar-refractivity contribution < 1.29 is 24.2 Å². The van der Waals surface area contributed by atoms with E-state index in [0.29, 0.717) is 5.56 Å². The molecule has 0 aliphatic carbocycles. The number of aliphatic carboxylic acids is 1. The van der Waals surface area contributed by atoms with Gasteiger partial charge in [0.15, 0.2) is 5.78 Å². The number of carboxylic acids is 1. The first kappa shape index (κ1) is 12.0. The van der Waals surface area contributed by atoms with E-state index in [1.54, 1.807) is 18.2 Å². The first-order chi connectivity index (χ1) is 8.58. The van der Waals surface area contributed by atoms with Gasteiger partial charge in [-0.1, -0.05) is 18.2 Å². The molecule has 0 radical (unpaired) electrons. The van der Waals surface area contributed by atoms with E-state index in [2.05, 4.69) is 0 Å². The van der Waals surface area contributed by atoms with Crippen LogP contribution >= 0.6 is 0 Å². The van der Waals surface area contributed by atoms with Gasteiger partial charge < -0.3 is 9.84 Å². The summed E-state index contributed by atoms with van der Waals surface area (Å²) in [5, 5.41) is 8.51. The number of cyclic esters (lactones) is 1. The van der Waals surface area contributed by atoms with Crippen LogP contribution in [0.4, 0.5) is 0 Å². The normalized spacial score (nSPS) is 19.2. The van der Waals surface area contributed by atoms with Gasteiger partial charge in [-0.25, -0.2) is 9.59 Å². The third-order valence-electron chi connectivity index (χ3n) is 2.55. The minimum atomic E-state index is -1.15. The van der Waals surface area contributed by atoms with Crippen LogP contribution in [0.5, 0.6) is 0 Å². The lowest BCUT2D eigenvalue weighted by molar-refractivity contribution is -0.131. The van der Waals surface area contributed by atoms with Gasteiger partial charge in [0, 0.05) is 11.6 Å². The number of fused-ring (bicyclic) bond motifs is 1. The van der Waals surface area contributed by atoms with Crippen molar-refractivity contribution in [3.63, 3.8) is 0 Å². The molecule has 0 saturated carbocycles. The Morgan fingerprint density at radius 3 is 2.61 bits per heavy atom. The maximum atomic E-state index is 11.9. The molecule has 2 rings (SSSR count). The van der Waals surface area contributed by atoms with Crippen molar-refractivity contribution in [1.29, 1.82) is 0 Å². The minimum absolute atomic E-state index is 0.0491. The molecule has 1 N–H and O–H groups in total. The fourth-order valence-electron chi connectivity index (χ4n) is 1.74. The first-order valence-corrected chi connectivity index (χ1v) is 5.32. The van der Waals surface area contributed by atoms with Gasteiger partial charge in [0.25, 0.3) is 0 Å². The summed E-state index contributed by atoms with van der Waals surface area (Å²) in [6.45, 7) is 0. The Balaban J connectivity index is 2.30. The molecular weight excluding hydrogens is 236 g/mol. The third kappa shape index (κ3) is 2.45. The predicted molar refractivity (Wildman–Crippen MR) is 61.4 cm³/mol. The van der Waals surface area contributed by atoms with Crippen LogP contribution in [0.1, 0.15) is 27.1 Å². The minimum Gasteiger partial charge on any atom is -0.478 e. The number of carboxylic acid groups (broad SMARTS) is 1. The highest BCUT2D eigenvalue weighted by Crippen LogP contribution is 2.20. The molecule has 1 heterocycles. The molecule has 5 nitrogen and oxygen atoms in total. The molecule has 0 fully saturated rings. The number of carbonyl (C=O) groups is 3. The lowest BCUT2D eigenvalue weighted by Gasteiger charge is -2.08. The number of esters is 1. The van der Waals surface area contributed by atoms with Crippen LogP contribution in [0.2, 0.25) is 0 Å². The number of carbonyl (C=O) groups excluding carboxylic acids is 2. The lowest BCUT2D eigenvalue weighted by atomic mass is 10.0. The van der Waals surface area contributed by atoms with Gasteiger partial charge in [-0.3, -0.25) is 4.79 Å². The summed E-state index contributed by atoms with van der Waals surface area (Å²) in [7, 11) is 0. The zero-order valence-electron chi connectivity index (χ0n) is 9.33. The summed E-state index contributed by atoms with van der Waals surface area (Å²) >= 11 is 0. The topological polar surface area (TPSA) is 80.7 Å². The summed E-state index contributed by atoms with van der Waals surface area (Å²) < 4.78 is 5.05. The average Bonchev–Trinajstić information content (AvgIpc) is 2.46. The van der Waals surface area contributed by atoms with Crippen LogP contribution in [-0.4, -0.2) is 28.9 Å². The van der Waals surface area contributed by atoms with Crippen LogP contribution in [-0.2, 0) is 9.53 Å². The maximum Gasteiger partial charge on any atom is 0.339 e. The second-order valence-electron chi connectivity index (χ2n) is 3.81. The predicted octanol–water partition coefficient (Wildman–Crippen LogP) is 1.44. The molecule has 0 bridgehead atoms.